The Kier molecular flexibility index (Phi) is 5.64. The molecule has 1 amide bonds. The van der Waals surface area contributed by atoms with Gasteiger partial charge in [-0.1, -0.05) is 30.3 Å². The first-order chi connectivity index (χ1) is 10.2. The van der Waals surface area contributed by atoms with Crippen LogP contribution in [0, 0.1) is 0 Å². The Hall–Kier alpha value is -2.00. The van der Waals surface area contributed by atoms with Crippen molar-refractivity contribution in [1.29, 1.82) is 0 Å². The van der Waals surface area contributed by atoms with Crippen LogP contribution in [0.15, 0.2) is 54.6 Å². The van der Waals surface area contributed by atoms with Crippen LogP contribution in [0.1, 0.15) is 12.5 Å². The SMILES string of the molecule is CCOc1cccc(CN(C(=O)CCl)c2ccccc2)c1. The number of carbonyl (C=O) groups is 1. The van der Waals surface area contributed by atoms with Gasteiger partial charge in [-0.3, -0.25) is 4.79 Å². The number of alkyl halides is 1. The molecule has 2 aromatic carbocycles. The number of benzene rings is 2. The van der Waals surface area contributed by atoms with Gasteiger partial charge < -0.3 is 9.64 Å². The Balaban J connectivity index is 2.23. The minimum atomic E-state index is -0.121. The van der Waals surface area contributed by atoms with Gasteiger partial charge in [0.1, 0.15) is 11.6 Å². The molecule has 0 radical (unpaired) electrons. The zero-order valence-electron chi connectivity index (χ0n) is 12.0. The van der Waals surface area contributed by atoms with Gasteiger partial charge in [-0.15, -0.1) is 11.6 Å². The van der Waals surface area contributed by atoms with Crippen LogP contribution in [-0.2, 0) is 11.3 Å². The standard InChI is InChI=1S/C17H18ClNO2/c1-2-21-16-10-6-7-14(11-16)13-19(17(20)12-18)15-8-4-3-5-9-15/h3-11H,2,12-13H2,1H3. The fourth-order valence-electron chi connectivity index (χ4n) is 2.09. The number of amides is 1. The van der Waals surface area contributed by atoms with Gasteiger partial charge in [-0.05, 0) is 36.8 Å². The molecule has 0 aliphatic rings. The molecule has 0 saturated heterocycles. The summed E-state index contributed by atoms with van der Waals surface area (Å²) in [6.45, 7) is 3.03. The monoisotopic (exact) mass is 303 g/mol. The molecule has 0 atom stereocenters. The maximum absolute atomic E-state index is 12.1. The van der Waals surface area contributed by atoms with Crippen molar-refractivity contribution in [2.75, 3.05) is 17.4 Å². The van der Waals surface area contributed by atoms with E-state index in [9.17, 15) is 4.79 Å². The third-order valence-electron chi connectivity index (χ3n) is 3.03. The Labute approximate surface area is 130 Å². The first-order valence-corrected chi connectivity index (χ1v) is 7.41. The average molecular weight is 304 g/mol. The van der Waals surface area contributed by atoms with Gasteiger partial charge in [0.25, 0.3) is 0 Å². The number of carbonyl (C=O) groups excluding carboxylic acids is 1. The zero-order valence-corrected chi connectivity index (χ0v) is 12.7. The van der Waals surface area contributed by atoms with Crippen LogP contribution < -0.4 is 9.64 Å². The normalized spacial score (nSPS) is 10.2. The van der Waals surface area contributed by atoms with E-state index in [2.05, 4.69) is 0 Å². The van der Waals surface area contributed by atoms with Crippen LogP contribution in [0.3, 0.4) is 0 Å². The highest BCUT2D eigenvalue weighted by molar-refractivity contribution is 6.29. The van der Waals surface area contributed by atoms with Crippen LogP contribution in [0.25, 0.3) is 0 Å². The second-order valence-corrected chi connectivity index (χ2v) is 4.80. The first kappa shape index (κ1) is 15.4. The van der Waals surface area contributed by atoms with Gasteiger partial charge in [0.05, 0.1) is 13.2 Å². The van der Waals surface area contributed by atoms with E-state index < -0.39 is 0 Å². The molecule has 21 heavy (non-hydrogen) atoms. The van der Waals surface area contributed by atoms with Crippen molar-refractivity contribution >= 4 is 23.2 Å². The van der Waals surface area contributed by atoms with E-state index in [-0.39, 0.29) is 11.8 Å². The molecular formula is C17H18ClNO2. The number of hydrogen-bond acceptors (Lipinski definition) is 2. The lowest BCUT2D eigenvalue weighted by molar-refractivity contribution is -0.116. The predicted molar refractivity (Wildman–Crippen MR) is 86.0 cm³/mol. The van der Waals surface area contributed by atoms with Crippen molar-refractivity contribution in [2.24, 2.45) is 0 Å². The molecular weight excluding hydrogens is 286 g/mol. The van der Waals surface area contributed by atoms with E-state index in [0.717, 1.165) is 17.0 Å². The van der Waals surface area contributed by atoms with Crippen molar-refractivity contribution < 1.29 is 9.53 Å². The summed E-state index contributed by atoms with van der Waals surface area (Å²) in [4.78, 5) is 13.8. The highest BCUT2D eigenvalue weighted by Gasteiger charge is 2.15. The van der Waals surface area contributed by atoms with E-state index in [1.54, 1.807) is 4.90 Å². The number of rotatable bonds is 6. The van der Waals surface area contributed by atoms with Gasteiger partial charge in [-0.2, -0.15) is 0 Å². The molecule has 0 unspecified atom stereocenters. The fourth-order valence-corrected chi connectivity index (χ4v) is 2.23. The summed E-state index contributed by atoms with van der Waals surface area (Å²) >= 11 is 5.73. The van der Waals surface area contributed by atoms with Crippen LogP contribution in [0.2, 0.25) is 0 Å². The van der Waals surface area contributed by atoms with Crippen LogP contribution in [0.4, 0.5) is 5.69 Å². The molecule has 0 aliphatic heterocycles. The van der Waals surface area contributed by atoms with Gasteiger partial charge >= 0.3 is 0 Å². The summed E-state index contributed by atoms with van der Waals surface area (Å²) in [6.07, 6.45) is 0. The fraction of sp³-hybridized carbons (Fsp3) is 0.235. The Morgan fingerprint density at radius 3 is 2.57 bits per heavy atom. The molecule has 0 spiro atoms. The summed E-state index contributed by atoms with van der Waals surface area (Å²) in [6, 6.07) is 17.3. The number of para-hydroxylation sites is 1. The van der Waals surface area contributed by atoms with Crippen LogP contribution in [-0.4, -0.2) is 18.4 Å². The molecule has 0 aliphatic carbocycles. The van der Waals surface area contributed by atoms with E-state index in [1.165, 1.54) is 0 Å². The topological polar surface area (TPSA) is 29.5 Å². The summed E-state index contributed by atoms with van der Waals surface area (Å²) in [5, 5.41) is 0. The average Bonchev–Trinajstić information content (AvgIpc) is 2.53. The molecule has 0 N–H and O–H groups in total. The van der Waals surface area contributed by atoms with Crippen molar-refractivity contribution in [2.45, 2.75) is 13.5 Å². The molecule has 110 valence electrons. The van der Waals surface area contributed by atoms with E-state index >= 15 is 0 Å². The van der Waals surface area contributed by atoms with Crippen LogP contribution >= 0.6 is 11.6 Å². The second kappa shape index (κ2) is 7.70. The summed E-state index contributed by atoms with van der Waals surface area (Å²) in [7, 11) is 0. The van der Waals surface area contributed by atoms with Gasteiger partial charge in [0.2, 0.25) is 5.91 Å². The largest absolute Gasteiger partial charge is 0.494 e. The Morgan fingerprint density at radius 2 is 1.90 bits per heavy atom. The van der Waals surface area contributed by atoms with E-state index in [4.69, 9.17) is 16.3 Å². The molecule has 0 fully saturated rings. The minimum absolute atomic E-state index is 0.0416. The van der Waals surface area contributed by atoms with Crippen molar-refractivity contribution in [3.8, 4) is 5.75 Å². The van der Waals surface area contributed by atoms with Crippen molar-refractivity contribution in [3.63, 3.8) is 0 Å². The lowest BCUT2D eigenvalue weighted by atomic mass is 10.2. The molecule has 0 saturated carbocycles. The number of hydrogen-bond donors (Lipinski definition) is 0. The molecule has 0 bridgehead atoms. The Bertz CT molecular complexity index is 586. The second-order valence-electron chi connectivity index (χ2n) is 4.53. The highest BCUT2D eigenvalue weighted by Crippen LogP contribution is 2.20. The molecule has 2 aromatic rings. The maximum Gasteiger partial charge on any atom is 0.242 e. The quantitative estimate of drug-likeness (QED) is 0.758. The van der Waals surface area contributed by atoms with Gasteiger partial charge in [0.15, 0.2) is 0 Å². The number of ether oxygens (including phenoxy) is 1. The first-order valence-electron chi connectivity index (χ1n) is 6.87. The maximum atomic E-state index is 12.1. The summed E-state index contributed by atoms with van der Waals surface area (Å²) in [5.74, 6) is 0.645. The van der Waals surface area contributed by atoms with Crippen molar-refractivity contribution in [3.05, 3.63) is 60.2 Å². The van der Waals surface area contributed by atoms with Gasteiger partial charge in [0, 0.05) is 5.69 Å². The molecule has 0 aromatic heterocycles. The summed E-state index contributed by atoms with van der Waals surface area (Å²) in [5.41, 5.74) is 1.84. The van der Waals surface area contributed by atoms with Crippen molar-refractivity contribution in [1.82, 2.24) is 0 Å². The lowest BCUT2D eigenvalue weighted by Gasteiger charge is -2.22. The predicted octanol–water partition coefficient (Wildman–Crippen LogP) is 3.86. The smallest absolute Gasteiger partial charge is 0.242 e. The van der Waals surface area contributed by atoms with E-state index in [1.807, 2.05) is 61.5 Å². The highest BCUT2D eigenvalue weighted by atomic mass is 35.5. The Morgan fingerprint density at radius 1 is 1.14 bits per heavy atom. The molecule has 0 heterocycles. The number of anilines is 1. The number of nitrogens with zero attached hydrogens (tertiary/aromatic N) is 1. The summed E-state index contributed by atoms with van der Waals surface area (Å²) < 4.78 is 5.49. The minimum Gasteiger partial charge on any atom is -0.494 e. The third-order valence-corrected chi connectivity index (χ3v) is 3.26. The van der Waals surface area contributed by atoms with E-state index in [0.29, 0.717) is 13.2 Å². The zero-order chi connectivity index (χ0) is 15.1. The molecule has 2 rings (SSSR count). The van der Waals surface area contributed by atoms with Crippen LogP contribution in [0.5, 0.6) is 5.75 Å². The molecule has 3 nitrogen and oxygen atoms in total. The molecule has 4 heteroatoms. The number of halogens is 1. The van der Waals surface area contributed by atoms with Gasteiger partial charge in [-0.25, -0.2) is 0 Å². The third kappa shape index (κ3) is 4.23. The lowest BCUT2D eigenvalue weighted by Crippen LogP contribution is -2.31.